The van der Waals surface area contributed by atoms with Crippen LogP contribution in [-0.2, 0) is 65.4 Å². The first-order chi connectivity index (χ1) is 48.1. The van der Waals surface area contributed by atoms with Crippen molar-refractivity contribution in [1.29, 1.82) is 0 Å². The van der Waals surface area contributed by atoms with Crippen molar-refractivity contribution in [2.24, 2.45) is 5.92 Å². The van der Waals surface area contributed by atoms with Gasteiger partial charge in [0.25, 0.3) is 0 Å². The average molecular weight is 1450 g/mol. The molecule has 0 bridgehead atoms. The van der Waals surface area contributed by atoms with Gasteiger partial charge in [0, 0.05) is 25.7 Å². The average Bonchev–Trinajstić information content (AvgIpc) is 1.98. The van der Waals surface area contributed by atoms with Crippen molar-refractivity contribution in [2.75, 3.05) is 39.6 Å². The molecular weight excluding hydrogens is 1290 g/mol. The predicted molar refractivity (Wildman–Crippen MR) is 404 cm³/mol. The van der Waals surface area contributed by atoms with Crippen LogP contribution >= 0.6 is 15.6 Å². The highest BCUT2D eigenvalue weighted by molar-refractivity contribution is 7.47. The molecule has 0 saturated heterocycles. The smallest absolute Gasteiger partial charge is 0.462 e. The Morgan fingerprint density at radius 3 is 0.859 bits per heavy atom. The topological polar surface area (TPSA) is 237 Å². The zero-order valence-electron chi connectivity index (χ0n) is 64.1. The molecule has 0 aromatic rings. The van der Waals surface area contributed by atoms with E-state index >= 15 is 0 Å². The normalized spacial score (nSPS) is 14.3. The van der Waals surface area contributed by atoms with Crippen LogP contribution in [0, 0.1) is 5.92 Å². The van der Waals surface area contributed by atoms with Crippen LogP contribution in [0.2, 0.25) is 0 Å². The molecule has 0 aliphatic carbocycles. The number of ether oxygens (including phenoxy) is 4. The van der Waals surface area contributed by atoms with Gasteiger partial charge in [-0.2, -0.15) is 0 Å². The lowest BCUT2D eigenvalue weighted by Gasteiger charge is -2.21. The molecule has 0 aromatic heterocycles. The molecule has 0 amide bonds. The SMILES string of the molecule is CCCCCC/C=C\C=C/CCCCCCCC(=O)OC[C@H](COP(=O)(O)OC[C@@H](O)COP(=O)(O)OC[C@@H](COC(=O)CCCCCCCCCCCC)OC(=O)CCCCCCCCCCCCCC)OC(=O)CCCCCCCCCCCCCCCCCCCCC(C)CC. The number of carbonyl (C=O) groups is 4. The van der Waals surface area contributed by atoms with E-state index in [4.69, 9.17) is 37.0 Å². The molecule has 99 heavy (non-hydrogen) atoms. The Kier molecular flexibility index (Phi) is 70.7. The van der Waals surface area contributed by atoms with Crippen molar-refractivity contribution >= 4 is 39.5 Å². The van der Waals surface area contributed by atoms with E-state index in [1.807, 2.05) is 0 Å². The summed E-state index contributed by atoms with van der Waals surface area (Å²) < 4.78 is 68.6. The molecule has 3 N–H and O–H groups in total. The second-order valence-corrected chi connectivity index (χ2v) is 31.3. The summed E-state index contributed by atoms with van der Waals surface area (Å²) in [6, 6.07) is 0. The van der Waals surface area contributed by atoms with Gasteiger partial charge in [0.05, 0.1) is 26.4 Å². The second-order valence-electron chi connectivity index (χ2n) is 28.4. The number of phosphoric ester groups is 2. The van der Waals surface area contributed by atoms with Crippen molar-refractivity contribution in [3.05, 3.63) is 24.3 Å². The number of aliphatic hydroxyl groups is 1. The molecule has 584 valence electrons. The highest BCUT2D eigenvalue weighted by Crippen LogP contribution is 2.45. The minimum atomic E-state index is -4.97. The number of aliphatic hydroxyl groups excluding tert-OH is 1. The Labute approximate surface area is 605 Å². The Balaban J connectivity index is 5.23. The first-order valence-electron chi connectivity index (χ1n) is 41.0. The van der Waals surface area contributed by atoms with Crippen LogP contribution in [0.3, 0.4) is 0 Å². The van der Waals surface area contributed by atoms with Crippen LogP contribution < -0.4 is 0 Å². The first-order valence-corrected chi connectivity index (χ1v) is 44.0. The van der Waals surface area contributed by atoms with Crippen LogP contribution in [0.1, 0.15) is 401 Å². The third-order valence-corrected chi connectivity index (χ3v) is 20.4. The molecule has 3 unspecified atom stereocenters. The summed E-state index contributed by atoms with van der Waals surface area (Å²) in [6.45, 7) is 7.31. The number of esters is 4. The third-order valence-electron chi connectivity index (χ3n) is 18.5. The number of allylic oxidation sites excluding steroid dienone is 4. The maximum Gasteiger partial charge on any atom is 0.472 e. The van der Waals surface area contributed by atoms with E-state index < -0.39 is 97.5 Å². The van der Waals surface area contributed by atoms with Crippen LogP contribution in [-0.4, -0.2) is 96.7 Å². The molecule has 0 heterocycles. The van der Waals surface area contributed by atoms with E-state index in [1.54, 1.807) is 0 Å². The van der Waals surface area contributed by atoms with Crippen molar-refractivity contribution < 1.29 is 80.2 Å². The van der Waals surface area contributed by atoms with Gasteiger partial charge in [-0.3, -0.25) is 37.3 Å². The largest absolute Gasteiger partial charge is 0.472 e. The number of phosphoric acid groups is 2. The summed E-state index contributed by atoms with van der Waals surface area (Å²) in [5, 5.41) is 10.6. The van der Waals surface area contributed by atoms with E-state index in [0.29, 0.717) is 25.7 Å². The highest BCUT2D eigenvalue weighted by Gasteiger charge is 2.30. The van der Waals surface area contributed by atoms with Gasteiger partial charge in [-0.05, 0) is 57.3 Å². The molecule has 0 rings (SSSR count). The fourth-order valence-corrected chi connectivity index (χ4v) is 13.4. The van der Waals surface area contributed by atoms with Gasteiger partial charge in [-0.15, -0.1) is 0 Å². The lowest BCUT2D eigenvalue weighted by atomic mass is 9.99. The lowest BCUT2D eigenvalue weighted by molar-refractivity contribution is -0.161. The minimum Gasteiger partial charge on any atom is -0.462 e. The zero-order chi connectivity index (χ0) is 72.7. The fraction of sp³-hybridized carbons (Fsp3) is 0.900. The Morgan fingerprint density at radius 2 is 0.566 bits per heavy atom. The van der Waals surface area contributed by atoms with Crippen molar-refractivity contribution in [2.45, 2.75) is 419 Å². The molecule has 0 fully saturated rings. The molecule has 0 aliphatic heterocycles. The zero-order valence-corrected chi connectivity index (χ0v) is 65.9. The van der Waals surface area contributed by atoms with E-state index in [-0.39, 0.29) is 25.7 Å². The summed E-state index contributed by atoms with van der Waals surface area (Å²) in [6.07, 6.45) is 65.9. The van der Waals surface area contributed by atoms with Gasteiger partial charge in [-0.1, -0.05) is 348 Å². The number of unbranched alkanes of at least 4 members (excludes halogenated alkanes) is 46. The van der Waals surface area contributed by atoms with Crippen LogP contribution in [0.25, 0.3) is 0 Å². The number of hydrogen-bond donors (Lipinski definition) is 3. The Hall–Kier alpha value is -2.46. The molecule has 0 spiro atoms. The van der Waals surface area contributed by atoms with Gasteiger partial charge in [0.2, 0.25) is 0 Å². The van der Waals surface area contributed by atoms with Crippen LogP contribution in [0.4, 0.5) is 0 Å². The molecular formula is C80H152O17P2. The quantitative estimate of drug-likeness (QED) is 0.0169. The minimum absolute atomic E-state index is 0.102. The molecule has 0 aromatic carbocycles. The predicted octanol–water partition coefficient (Wildman–Crippen LogP) is 23.6. The molecule has 19 heteroatoms. The summed E-state index contributed by atoms with van der Waals surface area (Å²) >= 11 is 0. The van der Waals surface area contributed by atoms with E-state index in [9.17, 15) is 43.2 Å². The van der Waals surface area contributed by atoms with E-state index in [2.05, 4.69) is 58.9 Å². The number of carbonyl (C=O) groups excluding carboxylic acids is 4. The van der Waals surface area contributed by atoms with Crippen molar-refractivity contribution in [3.63, 3.8) is 0 Å². The number of hydrogen-bond acceptors (Lipinski definition) is 15. The lowest BCUT2D eigenvalue weighted by Crippen LogP contribution is -2.30. The standard InChI is InChI=1S/C80H152O17P2/c1-6-10-13-16-19-22-25-27-32-36-40-44-49-54-59-64-78(83)91-70-76(97-80(85)66-61-56-51-46-41-37-34-31-29-28-30-33-35-38-42-47-52-57-62-73(5)9-4)72-95-99(88,89)93-68-74(81)67-92-98(86,87)94-71-75(69-90-77(82)63-58-53-48-43-24-21-18-15-12-8-3)96-79(84)65-60-55-50-45-39-26-23-20-17-14-11-7-2/h22,25,27,32,73-76,81H,6-21,23-24,26,28-31,33-72H2,1-5H3,(H,86,87)(H,88,89)/b25-22-,32-27-/t73?,74-,75+,76+/m0/s1. The summed E-state index contributed by atoms with van der Waals surface area (Å²) in [5.41, 5.74) is 0. The van der Waals surface area contributed by atoms with Gasteiger partial charge in [0.15, 0.2) is 12.2 Å². The highest BCUT2D eigenvalue weighted by atomic mass is 31.2. The summed E-state index contributed by atoms with van der Waals surface area (Å²) in [5.74, 6) is -1.27. The fourth-order valence-electron chi connectivity index (χ4n) is 11.8. The van der Waals surface area contributed by atoms with Gasteiger partial charge >= 0.3 is 39.5 Å². The van der Waals surface area contributed by atoms with Crippen molar-refractivity contribution in [3.8, 4) is 0 Å². The van der Waals surface area contributed by atoms with Crippen molar-refractivity contribution in [1.82, 2.24) is 0 Å². The van der Waals surface area contributed by atoms with E-state index in [1.165, 1.54) is 205 Å². The monoisotopic (exact) mass is 1450 g/mol. The molecule has 0 radical (unpaired) electrons. The van der Waals surface area contributed by atoms with Gasteiger partial charge < -0.3 is 33.8 Å². The molecule has 6 atom stereocenters. The molecule has 17 nitrogen and oxygen atoms in total. The van der Waals surface area contributed by atoms with Gasteiger partial charge in [0.1, 0.15) is 19.3 Å². The first kappa shape index (κ1) is 96.5. The number of rotatable bonds is 78. The Morgan fingerprint density at radius 1 is 0.323 bits per heavy atom. The summed E-state index contributed by atoms with van der Waals surface area (Å²) in [4.78, 5) is 72.9. The van der Waals surface area contributed by atoms with E-state index in [0.717, 1.165) is 115 Å². The van der Waals surface area contributed by atoms with Gasteiger partial charge in [-0.25, -0.2) is 9.13 Å². The van der Waals surface area contributed by atoms with Crippen LogP contribution in [0.15, 0.2) is 24.3 Å². The second kappa shape index (κ2) is 72.5. The summed E-state index contributed by atoms with van der Waals surface area (Å²) in [7, 11) is -9.92. The molecule has 0 saturated carbocycles. The maximum absolute atomic E-state index is 13.1. The third kappa shape index (κ3) is 72.3. The molecule has 0 aliphatic rings. The Bertz CT molecular complexity index is 1990. The van der Waals surface area contributed by atoms with Crippen LogP contribution in [0.5, 0.6) is 0 Å². The maximum atomic E-state index is 13.1.